The number of piperazine rings is 1. The van der Waals surface area contributed by atoms with E-state index in [4.69, 9.17) is 4.98 Å². The summed E-state index contributed by atoms with van der Waals surface area (Å²) in [5.41, 5.74) is 1.47. The lowest BCUT2D eigenvalue weighted by Gasteiger charge is -2.34. The number of carbonyl (C=O) groups is 1. The molecule has 34 heavy (non-hydrogen) atoms. The zero-order chi connectivity index (χ0) is 23.7. The number of hydrogen-bond acceptors (Lipinski definition) is 6. The minimum absolute atomic E-state index is 0.0124. The molecule has 3 aromatic rings. The number of rotatable bonds is 5. The number of sulfonamides is 1. The van der Waals surface area contributed by atoms with E-state index in [-0.39, 0.29) is 16.8 Å². The van der Waals surface area contributed by atoms with E-state index < -0.39 is 10.0 Å². The van der Waals surface area contributed by atoms with Crippen molar-refractivity contribution < 1.29 is 13.2 Å². The van der Waals surface area contributed by atoms with Crippen LogP contribution in [0.1, 0.15) is 41.6 Å². The first-order valence-corrected chi connectivity index (χ1v) is 14.2. The molecule has 0 aliphatic carbocycles. The molecular formula is C25H30N4O3S2. The van der Waals surface area contributed by atoms with E-state index in [0.717, 1.165) is 49.4 Å². The van der Waals surface area contributed by atoms with Crippen LogP contribution in [0.5, 0.6) is 0 Å². The molecule has 0 N–H and O–H groups in total. The van der Waals surface area contributed by atoms with Crippen molar-refractivity contribution in [1.82, 2.24) is 19.1 Å². The second-order valence-electron chi connectivity index (χ2n) is 9.13. The first kappa shape index (κ1) is 23.4. The molecule has 0 saturated carbocycles. The van der Waals surface area contributed by atoms with Crippen LogP contribution in [-0.2, 0) is 16.6 Å². The van der Waals surface area contributed by atoms with Crippen molar-refractivity contribution in [3.63, 3.8) is 0 Å². The van der Waals surface area contributed by atoms with Crippen LogP contribution in [0.2, 0.25) is 0 Å². The molecule has 2 aliphatic heterocycles. The molecule has 1 atom stereocenters. The highest BCUT2D eigenvalue weighted by Gasteiger charge is 2.32. The number of nitrogens with zero attached hydrogens (tertiary/aromatic N) is 4. The summed E-state index contributed by atoms with van der Waals surface area (Å²) in [7, 11) is -3.60. The minimum atomic E-state index is -3.60. The van der Waals surface area contributed by atoms with Crippen molar-refractivity contribution in [2.45, 2.75) is 43.7 Å². The number of fused-ring (bicyclic) bond motifs is 1. The molecule has 0 spiro atoms. The van der Waals surface area contributed by atoms with E-state index in [9.17, 15) is 13.2 Å². The highest BCUT2D eigenvalue weighted by atomic mass is 32.2. The summed E-state index contributed by atoms with van der Waals surface area (Å²) in [6, 6.07) is 14.7. The van der Waals surface area contributed by atoms with Crippen LogP contribution in [0.4, 0.5) is 0 Å². The van der Waals surface area contributed by atoms with Gasteiger partial charge in [0.25, 0.3) is 5.91 Å². The fraction of sp³-hybridized carbons (Fsp3) is 0.440. The van der Waals surface area contributed by atoms with Crippen LogP contribution in [0, 0.1) is 0 Å². The minimum Gasteiger partial charge on any atom is -0.336 e. The lowest BCUT2D eigenvalue weighted by atomic mass is 10.1. The van der Waals surface area contributed by atoms with Gasteiger partial charge in [-0.3, -0.25) is 9.69 Å². The average molecular weight is 499 g/mol. The predicted octanol–water partition coefficient (Wildman–Crippen LogP) is 3.82. The maximum absolute atomic E-state index is 13.2. The third kappa shape index (κ3) is 4.75. The summed E-state index contributed by atoms with van der Waals surface area (Å²) in [5, 5.41) is 1.09. The van der Waals surface area contributed by atoms with Gasteiger partial charge in [0.1, 0.15) is 5.01 Å². The molecule has 9 heteroatoms. The second-order valence-corrected chi connectivity index (χ2v) is 12.1. The Balaban J connectivity index is 1.23. The lowest BCUT2D eigenvalue weighted by Crippen LogP contribution is -2.48. The van der Waals surface area contributed by atoms with Crippen LogP contribution in [0.25, 0.3) is 10.2 Å². The van der Waals surface area contributed by atoms with E-state index in [1.165, 1.54) is 4.70 Å². The normalized spacial score (nSPS) is 20.6. The predicted molar refractivity (Wildman–Crippen MR) is 134 cm³/mol. The number of piperidine rings is 1. The van der Waals surface area contributed by atoms with Crippen molar-refractivity contribution >= 4 is 37.5 Å². The Kier molecular flexibility index (Phi) is 6.70. The number of hydrogen-bond donors (Lipinski definition) is 0. The molecule has 2 aliphatic rings. The second kappa shape index (κ2) is 9.73. The lowest BCUT2D eigenvalue weighted by molar-refractivity contribution is 0.0628. The SMILES string of the molecule is CC1CCCCN1S(=O)(=O)c1cccc(C(=O)N2CCN(Cc3nc4ccccc4s3)CC2)c1. The summed E-state index contributed by atoms with van der Waals surface area (Å²) in [6.45, 7) is 6.05. The fourth-order valence-corrected chi connectivity index (χ4v) is 7.58. The van der Waals surface area contributed by atoms with E-state index in [2.05, 4.69) is 11.0 Å². The van der Waals surface area contributed by atoms with Gasteiger partial charge in [0.2, 0.25) is 10.0 Å². The van der Waals surface area contributed by atoms with Gasteiger partial charge in [0.15, 0.2) is 0 Å². The van der Waals surface area contributed by atoms with E-state index >= 15 is 0 Å². The molecule has 0 radical (unpaired) electrons. The molecule has 1 aromatic heterocycles. The highest BCUT2D eigenvalue weighted by molar-refractivity contribution is 7.89. The van der Waals surface area contributed by atoms with Gasteiger partial charge >= 0.3 is 0 Å². The third-order valence-corrected chi connectivity index (χ3v) is 9.82. The molecule has 2 fully saturated rings. The van der Waals surface area contributed by atoms with Gasteiger partial charge in [0.05, 0.1) is 21.7 Å². The first-order valence-electron chi connectivity index (χ1n) is 11.9. The molecule has 2 aromatic carbocycles. The summed E-state index contributed by atoms with van der Waals surface area (Å²) in [6.07, 6.45) is 2.80. The van der Waals surface area contributed by atoms with Gasteiger partial charge in [-0.15, -0.1) is 11.3 Å². The average Bonchev–Trinajstić information content (AvgIpc) is 3.26. The summed E-state index contributed by atoms with van der Waals surface area (Å²) in [5.74, 6) is -0.108. The summed E-state index contributed by atoms with van der Waals surface area (Å²) < 4.78 is 29.2. The molecule has 7 nitrogen and oxygen atoms in total. The van der Waals surface area contributed by atoms with Gasteiger partial charge in [-0.25, -0.2) is 13.4 Å². The number of benzene rings is 2. The smallest absolute Gasteiger partial charge is 0.253 e. The monoisotopic (exact) mass is 498 g/mol. The van der Waals surface area contributed by atoms with Gasteiger partial charge in [-0.2, -0.15) is 4.31 Å². The van der Waals surface area contributed by atoms with E-state index in [0.29, 0.717) is 25.2 Å². The van der Waals surface area contributed by atoms with Crippen LogP contribution in [-0.4, -0.2) is 72.2 Å². The van der Waals surface area contributed by atoms with Crippen LogP contribution in [0.3, 0.4) is 0 Å². The molecule has 180 valence electrons. The van der Waals surface area contributed by atoms with Gasteiger partial charge in [0, 0.05) is 44.3 Å². The van der Waals surface area contributed by atoms with Crippen molar-refractivity contribution in [2.75, 3.05) is 32.7 Å². The van der Waals surface area contributed by atoms with Crippen molar-refractivity contribution in [3.05, 3.63) is 59.1 Å². The zero-order valence-electron chi connectivity index (χ0n) is 19.4. The molecule has 0 bridgehead atoms. The number of thiazole rings is 1. The van der Waals surface area contributed by atoms with Gasteiger partial charge in [-0.05, 0) is 50.1 Å². The van der Waals surface area contributed by atoms with Gasteiger partial charge in [-0.1, -0.05) is 24.6 Å². The van der Waals surface area contributed by atoms with Crippen LogP contribution < -0.4 is 0 Å². The Morgan fingerprint density at radius 2 is 1.82 bits per heavy atom. The third-order valence-electron chi connectivity index (χ3n) is 6.79. The highest BCUT2D eigenvalue weighted by Crippen LogP contribution is 2.26. The van der Waals surface area contributed by atoms with Crippen molar-refractivity contribution in [2.24, 2.45) is 0 Å². The summed E-state index contributed by atoms with van der Waals surface area (Å²) in [4.78, 5) is 22.3. The Morgan fingerprint density at radius 1 is 1.03 bits per heavy atom. The Bertz CT molecular complexity index is 1250. The van der Waals surface area contributed by atoms with Crippen LogP contribution >= 0.6 is 11.3 Å². The van der Waals surface area contributed by atoms with E-state index in [1.54, 1.807) is 39.9 Å². The summed E-state index contributed by atoms with van der Waals surface area (Å²) >= 11 is 1.72. The maximum Gasteiger partial charge on any atom is 0.253 e. The maximum atomic E-state index is 13.2. The molecule has 1 unspecified atom stereocenters. The Morgan fingerprint density at radius 3 is 2.59 bits per heavy atom. The standard InChI is InChI=1S/C25H30N4O3S2/c1-19-7-4-5-12-29(19)34(31,32)21-9-6-8-20(17-21)25(30)28-15-13-27(14-16-28)18-24-26-22-10-2-3-11-23(22)33-24/h2-3,6,8-11,17,19H,4-5,7,12-16,18H2,1H3. The molecule has 1 amide bonds. The molecule has 2 saturated heterocycles. The quantitative estimate of drug-likeness (QED) is 0.535. The Labute approximate surface area is 205 Å². The van der Waals surface area contributed by atoms with Crippen molar-refractivity contribution in [1.29, 1.82) is 0 Å². The number of aromatic nitrogens is 1. The van der Waals surface area contributed by atoms with E-state index in [1.807, 2.05) is 30.0 Å². The fourth-order valence-electron chi connectivity index (χ4n) is 4.82. The molecule has 5 rings (SSSR count). The zero-order valence-corrected chi connectivity index (χ0v) is 21.0. The first-order chi connectivity index (χ1) is 16.4. The van der Waals surface area contributed by atoms with Crippen LogP contribution in [0.15, 0.2) is 53.4 Å². The number of para-hydroxylation sites is 1. The Hall–Kier alpha value is -2.33. The number of amides is 1. The molecular weight excluding hydrogens is 468 g/mol. The van der Waals surface area contributed by atoms with Gasteiger partial charge < -0.3 is 4.90 Å². The van der Waals surface area contributed by atoms with Crippen molar-refractivity contribution in [3.8, 4) is 0 Å². The largest absolute Gasteiger partial charge is 0.336 e. The molecule has 3 heterocycles. The number of carbonyl (C=O) groups excluding carboxylic acids is 1. The topological polar surface area (TPSA) is 73.8 Å².